The van der Waals surface area contributed by atoms with Crippen LogP contribution in [0.1, 0.15) is 41.6 Å². The monoisotopic (exact) mass is 512 g/mol. The molecule has 0 bridgehead atoms. The van der Waals surface area contributed by atoms with Crippen molar-refractivity contribution in [2.24, 2.45) is 5.73 Å². The molecule has 0 saturated carbocycles. The number of nitrogens with two attached hydrogens (primary N) is 1. The Hall–Kier alpha value is -3.21. The fourth-order valence-electron chi connectivity index (χ4n) is 4.72. The molecule has 1 aliphatic heterocycles. The zero-order valence-corrected chi connectivity index (χ0v) is 21.1. The smallest absolute Gasteiger partial charge is 0.250 e. The molecule has 1 saturated heterocycles. The quantitative estimate of drug-likeness (QED) is 0.359. The Bertz CT molecular complexity index is 1330. The number of primary amides is 1. The minimum Gasteiger partial charge on any atom is -0.379 e. The Kier molecular flexibility index (Phi) is 8.07. The maximum atomic E-state index is 12.8. The van der Waals surface area contributed by atoms with Crippen LogP contribution in [0.2, 0.25) is 0 Å². The molecule has 4 rings (SSSR count). The number of sulfonamides is 1. The van der Waals surface area contributed by atoms with Gasteiger partial charge in [0.05, 0.1) is 30.0 Å². The summed E-state index contributed by atoms with van der Waals surface area (Å²) in [6.07, 6.45) is 3.28. The number of fused-ring (bicyclic) bond motifs is 1. The number of ether oxygens (including phenoxy) is 1. The van der Waals surface area contributed by atoms with Crippen molar-refractivity contribution in [3.05, 3.63) is 59.8 Å². The predicted octanol–water partition coefficient (Wildman–Crippen LogP) is 2.60. The van der Waals surface area contributed by atoms with Crippen LogP contribution >= 0.6 is 0 Å². The number of carbonyl (C=O) groups excluding carboxylic acids is 2. The Morgan fingerprint density at radius 3 is 2.50 bits per heavy atom. The second-order valence-electron chi connectivity index (χ2n) is 9.01. The summed E-state index contributed by atoms with van der Waals surface area (Å²) in [5.74, 6) is -0.573. The van der Waals surface area contributed by atoms with E-state index in [1.807, 2.05) is 42.6 Å². The van der Waals surface area contributed by atoms with E-state index in [4.69, 9.17) is 10.5 Å². The van der Waals surface area contributed by atoms with Gasteiger partial charge in [0.25, 0.3) is 5.91 Å². The lowest BCUT2D eigenvalue weighted by molar-refractivity contribution is -0.119. The average Bonchev–Trinajstić information content (AvgIpc) is 3.30. The first-order valence-corrected chi connectivity index (χ1v) is 13.7. The molecule has 1 aliphatic rings. The summed E-state index contributed by atoms with van der Waals surface area (Å²) in [6, 6.07) is 13.7. The van der Waals surface area contributed by atoms with Gasteiger partial charge in [-0.05, 0) is 47.6 Å². The molecule has 1 aromatic heterocycles. The molecule has 4 N–H and O–H groups in total. The van der Waals surface area contributed by atoms with E-state index in [2.05, 4.69) is 16.4 Å². The van der Waals surface area contributed by atoms with Gasteiger partial charge in [-0.3, -0.25) is 9.59 Å². The highest BCUT2D eigenvalue weighted by molar-refractivity contribution is 7.89. The molecule has 0 atom stereocenters. The van der Waals surface area contributed by atoms with Crippen molar-refractivity contribution < 1.29 is 22.7 Å². The van der Waals surface area contributed by atoms with Crippen molar-refractivity contribution in [1.82, 2.24) is 14.6 Å². The summed E-state index contributed by atoms with van der Waals surface area (Å²) in [5, 5.41) is 3.55. The summed E-state index contributed by atoms with van der Waals surface area (Å²) in [4.78, 5) is 26.3. The Balaban J connectivity index is 1.44. The molecule has 2 heterocycles. The number of benzene rings is 2. The summed E-state index contributed by atoms with van der Waals surface area (Å²) >= 11 is 0. The molecule has 2 aromatic carbocycles. The highest BCUT2D eigenvalue weighted by Crippen LogP contribution is 2.37. The van der Waals surface area contributed by atoms with Crippen LogP contribution in [-0.4, -0.2) is 68.1 Å². The average molecular weight is 513 g/mol. The van der Waals surface area contributed by atoms with Crippen molar-refractivity contribution in [2.75, 3.05) is 38.6 Å². The van der Waals surface area contributed by atoms with E-state index in [9.17, 15) is 18.0 Å². The third kappa shape index (κ3) is 5.95. The largest absolute Gasteiger partial charge is 0.379 e. The number of carbonyl (C=O) groups is 2. The number of amides is 2. The Labute approximate surface area is 211 Å². The van der Waals surface area contributed by atoms with Gasteiger partial charge in [-0.15, -0.1) is 0 Å². The lowest BCUT2D eigenvalue weighted by Gasteiger charge is -2.31. The Morgan fingerprint density at radius 1 is 1.11 bits per heavy atom. The number of piperidine rings is 1. The normalized spacial score (nSPS) is 15.2. The number of aromatic nitrogens is 1. The fraction of sp³-hybridized carbons (Fsp3) is 0.385. The van der Waals surface area contributed by atoms with Crippen molar-refractivity contribution >= 4 is 32.7 Å². The highest BCUT2D eigenvalue weighted by Gasteiger charge is 2.30. The summed E-state index contributed by atoms with van der Waals surface area (Å²) in [5.41, 5.74) is 9.83. The minimum absolute atomic E-state index is 0.0858. The van der Waals surface area contributed by atoms with Crippen molar-refractivity contribution in [3.8, 4) is 11.1 Å². The molecule has 192 valence electrons. The van der Waals surface area contributed by atoms with Gasteiger partial charge in [-0.2, -0.15) is 0 Å². The molecule has 10 heteroatoms. The second-order valence-corrected chi connectivity index (χ2v) is 11.1. The van der Waals surface area contributed by atoms with Crippen LogP contribution < -0.4 is 11.1 Å². The van der Waals surface area contributed by atoms with Gasteiger partial charge in [-0.25, -0.2) is 12.7 Å². The van der Waals surface area contributed by atoms with Crippen LogP contribution in [0.15, 0.2) is 48.7 Å². The maximum Gasteiger partial charge on any atom is 0.250 e. The number of hydrogen-bond acceptors (Lipinski definition) is 5. The van der Waals surface area contributed by atoms with Gasteiger partial charge in [0.15, 0.2) is 0 Å². The molecular weight excluding hydrogens is 480 g/mol. The maximum absolute atomic E-state index is 12.8. The third-order valence-electron chi connectivity index (χ3n) is 6.59. The van der Waals surface area contributed by atoms with Crippen LogP contribution in [0.5, 0.6) is 0 Å². The van der Waals surface area contributed by atoms with E-state index in [1.54, 1.807) is 0 Å². The lowest BCUT2D eigenvalue weighted by Crippen LogP contribution is -2.40. The van der Waals surface area contributed by atoms with Crippen LogP contribution in [0, 0.1) is 0 Å². The second kappa shape index (κ2) is 11.2. The minimum atomic E-state index is -3.43. The molecule has 2 amide bonds. The van der Waals surface area contributed by atoms with E-state index < -0.39 is 15.9 Å². The number of nitrogens with one attached hydrogen (secondary N) is 2. The van der Waals surface area contributed by atoms with E-state index >= 15 is 0 Å². The van der Waals surface area contributed by atoms with Gasteiger partial charge >= 0.3 is 0 Å². The number of hydrogen-bond donors (Lipinski definition) is 3. The van der Waals surface area contributed by atoms with Gasteiger partial charge < -0.3 is 20.8 Å². The zero-order valence-electron chi connectivity index (χ0n) is 20.3. The predicted molar refractivity (Wildman–Crippen MR) is 139 cm³/mol. The molecule has 3 aromatic rings. The van der Waals surface area contributed by atoms with Gasteiger partial charge in [0.2, 0.25) is 15.9 Å². The third-order valence-corrected chi connectivity index (χ3v) is 8.42. The van der Waals surface area contributed by atoms with Crippen molar-refractivity contribution in [1.29, 1.82) is 0 Å². The summed E-state index contributed by atoms with van der Waals surface area (Å²) in [6.45, 7) is 2.98. The molecule has 0 aliphatic carbocycles. The lowest BCUT2D eigenvalue weighted by atomic mass is 9.88. The first-order chi connectivity index (χ1) is 17.3. The van der Waals surface area contributed by atoms with Gasteiger partial charge in [0.1, 0.15) is 0 Å². The zero-order chi connectivity index (χ0) is 25.7. The number of nitrogens with zero attached hydrogens (tertiary/aromatic N) is 1. The molecule has 36 heavy (non-hydrogen) atoms. The number of aromatic amines is 1. The standard InChI is InChI=1S/C26H32N4O5S/c1-18(31)28-9-12-35-13-14-36(33,34)30-10-7-20(8-11-30)24-17-29-25-22(24)15-21(16-23(25)26(27)32)19-5-3-2-4-6-19/h2-6,15-17,20,29H,7-14H2,1H3,(H2,27,32)(H,28,31). The molecule has 9 nitrogen and oxygen atoms in total. The Morgan fingerprint density at radius 2 is 1.83 bits per heavy atom. The summed E-state index contributed by atoms with van der Waals surface area (Å²) in [7, 11) is -3.43. The molecular formula is C26H32N4O5S. The van der Waals surface area contributed by atoms with Crippen LogP contribution in [0.3, 0.4) is 0 Å². The van der Waals surface area contributed by atoms with E-state index in [1.165, 1.54) is 11.2 Å². The summed E-state index contributed by atoms with van der Waals surface area (Å²) < 4.78 is 32.4. The van der Waals surface area contributed by atoms with E-state index in [0.717, 1.165) is 22.1 Å². The molecule has 0 spiro atoms. The number of rotatable bonds is 10. The van der Waals surface area contributed by atoms with Crippen LogP contribution in [0.25, 0.3) is 22.0 Å². The van der Waals surface area contributed by atoms with Crippen molar-refractivity contribution in [2.45, 2.75) is 25.7 Å². The number of H-pyrrole nitrogens is 1. The van der Waals surface area contributed by atoms with E-state index in [0.29, 0.717) is 43.6 Å². The molecule has 1 fully saturated rings. The molecule has 0 unspecified atom stereocenters. The SMILES string of the molecule is CC(=O)NCCOCCS(=O)(=O)N1CCC(c2c[nH]c3c(C(N)=O)cc(-c4ccccc4)cc23)CC1. The van der Waals surface area contributed by atoms with Gasteiger partial charge in [-0.1, -0.05) is 30.3 Å². The van der Waals surface area contributed by atoms with Crippen molar-refractivity contribution in [3.63, 3.8) is 0 Å². The fourth-order valence-corrected chi connectivity index (χ4v) is 6.08. The topological polar surface area (TPSA) is 135 Å². The van der Waals surface area contributed by atoms with Gasteiger partial charge in [0, 0.05) is 38.1 Å². The first-order valence-electron chi connectivity index (χ1n) is 12.1. The van der Waals surface area contributed by atoms with Crippen LogP contribution in [0.4, 0.5) is 0 Å². The first kappa shape index (κ1) is 25.9. The molecule has 0 radical (unpaired) electrons. The highest BCUT2D eigenvalue weighted by atomic mass is 32.2. The van der Waals surface area contributed by atoms with Crippen LogP contribution in [-0.2, 0) is 19.6 Å². The van der Waals surface area contributed by atoms with E-state index in [-0.39, 0.29) is 30.8 Å².